The molecule has 0 N–H and O–H groups in total. The molecule has 1 aromatic carbocycles. The molecule has 154 valence electrons. The van der Waals surface area contributed by atoms with Gasteiger partial charge < -0.3 is 9.47 Å². The van der Waals surface area contributed by atoms with Crippen LogP contribution in [0.3, 0.4) is 0 Å². The lowest BCUT2D eigenvalue weighted by molar-refractivity contribution is 0.123. The van der Waals surface area contributed by atoms with Crippen molar-refractivity contribution in [2.75, 3.05) is 13.7 Å². The van der Waals surface area contributed by atoms with Gasteiger partial charge in [0, 0.05) is 12.5 Å². The number of imidazole rings is 1. The molecule has 1 atom stereocenters. The van der Waals surface area contributed by atoms with Crippen LogP contribution in [0.15, 0.2) is 35.7 Å². The van der Waals surface area contributed by atoms with Gasteiger partial charge in [0.25, 0.3) is 0 Å². The third kappa shape index (κ3) is 2.74. The van der Waals surface area contributed by atoms with E-state index in [1.807, 2.05) is 29.2 Å². The molecule has 3 aromatic rings. The van der Waals surface area contributed by atoms with Gasteiger partial charge >= 0.3 is 0 Å². The highest BCUT2D eigenvalue weighted by Gasteiger charge is 2.33. The molecule has 1 unspecified atom stereocenters. The molecule has 0 amide bonds. The van der Waals surface area contributed by atoms with Crippen molar-refractivity contribution in [1.29, 1.82) is 0 Å². The first-order valence-corrected chi connectivity index (χ1v) is 10.7. The van der Waals surface area contributed by atoms with Crippen molar-refractivity contribution in [2.24, 2.45) is 10.9 Å². The molecule has 1 saturated carbocycles. The van der Waals surface area contributed by atoms with Gasteiger partial charge in [0.1, 0.15) is 23.9 Å². The van der Waals surface area contributed by atoms with Crippen LogP contribution in [0.1, 0.15) is 49.2 Å². The number of hydrogen-bond acceptors (Lipinski definition) is 6. The summed E-state index contributed by atoms with van der Waals surface area (Å²) < 4.78 is 15.8. The highest BCUT2D eigenvalue weighted by atomic mass is 16.5. The van der Waals surface area contributed by atoms with Crippen molar-refractivity contribution < 1.29 is 9.47 Å². The summed E-state index contributed by atoms with van der Waals surface area (Å²) in [6, 6.07) is 5.96. The second kappa shape index (κ2) is 6.97. The normalized spacial score (nSPS) is 20.6. The van der Waals surface area contributed by atoms with Gasteiger partial charge in [-0.2, -0.15) is 0 Å². The maximum absolute atomic E-state index is 6.36. The van der Waals surface area contributed by atoms with Gasteiger partial charge in [-0.3, -0.25) is 4.57 Å². The van der Waals surface area contributed by atoms with Gasteiger partial charge in [-0.15, -0.1) is 5.10 Å². The predicted octanol–water partition coefficient (Wildman–Crippen LogP) is 3.09. The van der Waals surface area contributed by atoms with Crippen molar-refractivity contribution >= 4 is 5.90 Å². The first kappa shape index (κ1) is 17.7. The van der Waals surface area contributed by atoms with Crippen LogP contribution in [0, 0.1) is 5.92 Å². The Labute approximate surface area is 174 Å². The summed E-state index contributed by atoms with van der Waals surface area (Å²) in [5.74, 6) is 2.06. The third-order valence-corrected chi connectivity index (χ3v) is 6.56. The zero-order valence-electron chi connectivity index (χ0n) is 17.0. The van der Waals surface area contributed by atoms with Crippen molar-refractivity contribution in [3.8, 4) is 17.1 Å². The topological polar surface area (TPSA) is 79.3 Å². The van der Waals surface area contributed by atoms with Gasteiger partial charge in [0.15, 0.2) is 0 Å². The number of benzene rings is 1. The van der Waals surface area contributed by atoms with Gasteiger partial charge in [-0.1, -0.05) is 24.5 Å². The van der Waals surface area contributed by atoms with E-state index in [0.717, 1.165) is 40.8 Å². The molecule has 2 aliphatic heterocycles. The van der Waals surface area contributed by atoms with Crippen LogP contribution in [-0.4, -0.2) is 50.2 Å². The summed E-state index contributed by atoms with van der Waals surface area (Å²) in [6.07, 6.45) is 10.9. The maximum Gasteiger partial charge on any atom is 0.237 e. The minimum atomic E-state index is 0.187. The molecule has 3 aliphatic rings. The van der Waals surface area contributed by atoms with E-state index in [9.17, 15) is 0 Å². The Balaban J connectivity index is 1.39. The van der Waals surface area contributed by atoms with Gasteiger partial charge in [0.2, 0.25) is 5.90 Å². The Morgan fingerprint density at radius 2 is 2.03 bits per heavy atom. The largest absolute Gasteiger partial charge is 0.497 e. The summed E-state index contributed by atoms with van der Waals surface area (Å²) in [7, 11) is 1.67. The predicted molar refractivity (Wildman–Crippen MR) is 111 cm³/mol. The molecular formula is C22H24N6O2. The number of ether oxygens (including phenoxy) is 2. The summed E-state index contributed by atoms with van der Waals surface area (Å²) in [6.45, 7) is 0.736. The Morgan fingerprint density at radius 3 is 2.90 bits per heavy atom. The van der Waals surface area contributed by atoms with Crippen LogP contribution in [0.2, 0.25) is 0 Å². The fraction of sp³-hybridized carbons (Fsp3) is 0.455. The molecule has 4 heterocycles. The van der Waals surface area contributed by atoms with Crippen LogP contribution in [0.4, 0.5) is 0 Å². The van der Waals surface area contributed by atoms with Gasteiger partial charge in [0.05, 0.1) is 42.6 Å². The first-order chi connectivity index (χ1) is 14.8. The van der Waals surface area contributed by atoms with Crippen molar-refractivity contribution in [3.05, 3.63) is 47.8 Å². The van der Waals surface area contributed by atoms with E-state index in [1.165, 1.54) is 32.1 Å². The highest BCUT2D eigenvalue weighted by molar-refractivity contribution is 5.94. The minimum Gasteiger partial charge on any atom is -0.497 e. The van der Waals surface area contributed by atoms with Crippen molar-refractivity contribution in [1.82, 2.24) is 24.5 Å². The molecule has 0 bridgehead atoms. The van der Waals surface area contributed by atoms with Crippen LogP contribution >= 0.6 is 0 Å². The highest BCUT2D eigenvalue weighted by Crippen LogP contribution is 2.34. The van der Waals surface area contributed by atoms with E-state index < -0.39 is 0 Å². The molecule has 1 fully saturated rings. The lowest BCUT2D eigenvalue weighted by atomic mass is 9.85. The quantitative estimate of drug-likeness (QED) is 0.524. The van der Waals surface area contributed by atoms with E-state index >= 15 is 0 Å². The van der Waals surface area contributed by atoms with Crippen LogP contribution in [-0.2, 0) is 11.2 Å². The molecule has 0 radical (unpaired) electrons. The van der Waals surface area contributed by atoms with Gasteiger partial charge in [-0.25, -0.2) is 14.7 Å². The minimum absolute atomic E-state index is 0.187. The monoisotopic (exact) mass is 404 g/mol. The maximum atomic E-state index is 6.36. The lowest BCUT2D eigenvalue weighted by Gasteiger charge is -2.26. The van der Waals surface area contributed by atoms with Crippen LogP contribution in [0.5, 0.6) is 5.75 Å². The summed E-state index contributed by atoms with van der Waals surface area (Å²) in [5.41, 5.74) is 4.76. The number of aliphatic imine (C=N–C) groups is 1. The fourth-order valence-corrected chi connectivity index (χ4v) is 4.96. The Bertz CT molecular complexity index is 1120. The molecular weight excluding hydrogens is 380 g/mol. The number of hydrogen-bond donors (Lipinski definition) is 0. The van der Waals surface area contributed by atoms with Crippen LogP contribution < -0.4 is 4.74 Å². The summed E-state index contributed by atoms with van der Waals surface area (Å²) >= 11 is 0. The number of fused-ring (bicyclic) bond motifs is 5. The van der Waals surface area contributed by atoms with E-state index in [-0.39, 0.29) is 6.10 Å². The van der Waals surface area contributed by atoms with Crippen molar-refractivity contribution in [2.45, 2.75) is 44.6 Å². The average molecular weight is 404 g/mol. The second-order valence-electron chi connectivity index (χ2n) is 8.28. The zero-order chi connectivity index (χ0) is 20.1. The SMILES string of the molecule is COc1ccc2c(c1)-n1nncc1Cc1c(C3=NCC(C4CCCCC4)O3)ncn1-2. The molecule has 8 nitrogen and oxygen atoms in total. The van der Waals surface area contributed by atoms with Crippen LogP contribution in [0.25, 0.3) is 11.4 Å². The van der Waals surface area contributed by atoms with Crippen molar-refractivity contribution in [3.63, 3.8) is 0 Å². The molecule has 2 aromatic heterocycles. The zero-order valence-corrected chi connectivity index (χ0v) is 17.0. The van der Waals surface area contributed by atoms with Gasteiger partial charge in [-0.05, 0) is 30.9 Å². The fourth-order valence-electron chi connectivity index (χ4n) is 4.96. The third-order valence-electron chi connectivity index (χ3n) is 6.56. The lowest BCUT2D eigenvalue weighted by Crippen LogP contribution is -2.26. The smallest absolute Gasteiger partial charge is 0.237 e. The van der Waals surface area contributed by atoms with E-state index in [4.69, 9.17) is 19.5 Å². The number of methoxy groups -OCH3 is 1. The van der Waals surface area contributed by atoms with E-state index in [1.54, 1.807) is 13.3 Å². The number of rotatable bonds is 3. The summed E-state index contributed by atoms with van der Waals surface area (Å²) in [4.78, 5) is 9.49. The number of aromatic nitrogens is 5. The molecule has 8 heteroatoms. The van der Waals surface area contributed by atoms with E-state index in [0.29, 0.717) is 18.2 Å². The Hall–Kier alpha value is -3.16. The molecule has 0 spiro atoms. The molecule has 6 rings (SSSR count). The average Bonchev–Trinajstić information content (AvgIpc) is 3.53. The molecule has 30 heavy (non-hydrogen) atoms. The second-order valence-corrected chi connectivity index (χ2v) is 8.28. The summed E-state index contributed by atoms with van der Waals surface area (Å²) in [5, 5.41) is 8.45. The number of nitrogens with zero attached hydrogens (tertiary/aromatic N) is 6. The first-order valence-electron chi connectivity index (χ1n) is 10.7. The molecule has 1 aliphatic carbocycles. The van der Waals surface area contributed by atoms with E-state index in [2.05, 4.69) is 14.9 Å². The Kier molecular flexibility index (Phi) is 4.11. The molecule has 0 saturated heterocycles. The standard InChI is InChI=1S/C22H24N6O2/c1-29-16-7-8-17-18(10-16)28-15(11-25-26-28)9-19-21(24-13-27(17)19)22-23-12-20(30-22)14-5-3-2-4-6-14/h7-8,10-11,13-14,20H,2-6,9,12H2,1H3. The Morgan fingerprint density at radius 1 is 1.13 bits per heavy atom.